The van der Waals surface area contributed by atoms with Crippen molar-refractivity contribution in [1.29, 1.82) is 0 Å². The lowest BCUT2D eigenvalue weighted by molar-refractivity contribution is -0.384. The number of aliphatic hydroxyl groups excluding tert-OH is 1. The Balaban J connectivity index is 2.93. The van der Waals surface area contributed by atoms with Crippen LogP contribution in [0.3, 0.4) is 0 Å². The third-order valence-electron chi connectivity index (χ3n) is 2.60. The highest BCUT2D eigenvalue weighted by molar-refractivity contribution is 5.63. The molecule has 0 amide bonds. The molecule has 1 unspecified atom stereocenters. The summed E-state index contributed by atoms with van der Waals surface area (Å²) in [5.74, 6) is 5.28. The highest BCUT2D eigenvalue weighted by Crippen LogP contribution is 2.26. The van der Waals surface area contributed by atoms with Gasteiger partial charge >= 0.3 is 0 Å². The van der Waals surface area contributed by atoms with E-state index >= 15 is 0 Å². The molecule has 0 saturated carbocycles. The smallest absolute Gasteiger partial charge is 0.273 e. The number of non-ortho nitro benzene ring substituents is 1. The first-order chi connectivity index (χ1) is 8.43. The summed E-state index contributed by atoms with van der Waals surface area (Å²) in [6.45, 7) is 2.30. The summed E-state index contributed by atoms with van der Waals surface area (Å²) in [6.07, 6.45) is 0.183. The van der Waals surface area contributed by atoms with Gasteiger partial charge in [-0.15, -0.1) is 0 Å². The Bertz CT molecular complexity index is 423. The van der Waals surface area contributed by atoms with Crippen molar-refractivity contribution < 1.29 is 10.0 Å². The van der Waals surface area contributed by atoms with E-state index in [1.807, 2.05) is 11.9 Å². The molecule has 18 heavy (non-hydrogen) atoms. The number of hydrogen-bond donors (Lipinski definition) is 3. The number of nitrogens with zero attached hydrogens (tertiary/aromatic N) is 2. The summed E-state index contributed by atoms with van der Waals surface area (Å²) in [7, 11) is 1.81. The monoisotopic (exact) mass is 254 g/mol. The largest absolute Gasteiger partial charge is 0.393 e. The van der Waals surface area contributed by atoms with E-state index in [1.165, 1.54) is 12.1 Å². The van der Waals surface area contributed by atoms with Crippen LogP contribution in [0.4, 0.5) is 17.1 Å². The average molecular weight is 254 g/mol. The molecule has 0 spiro atoms. The maximum atomic E-state index is 10.8. The molecule has 0 aromatic heterocycles. The molecular weight excluding hydrogens is 236 g/mol. The molecule has 0 radical (unpaired) electrons. The van der Waals surface area contributed by atoms with E-state index in [2.05, 4.69) is 5.43 Å². The van der Waals surface area contributed by atoms with E-state index < -0.39 is 11.0 Å². The van der Waals surface area contributed by atoms with Gasteiger partial charge in [0.25, 0.3) is 5.69 Å². The molecule has 0 aliphatic carbocycles. The zero-order chi connectivity index (χ0) is 13.7. The lowest BCUT2D eigenvalue weighted by atomic mass is 10.2. The predicted octanol–water partition coefficient (Wildman–Crippen LogP) is 1.09. The van der Waals surface area contributed by atoms with Gasteiger partial charge < -0.3 is 15.4 Å². The van der Waals surface area contributed by atoms with Gasteiger partial charge in [-0.25, -0.2) is 0 Å². The Hall–Kier alpha value is -1.86. The van der Waals surface area contributed by atoms with Gasteiger partial charge in [-0.1, -0.05) is 0 Å². The minimum Gasteiger partial charge on any atom is -0.393 e. The molecule has 0 aliphatic heterocycles. The lowest BCUT2D eigenvalue weighted by Gasteiger charge is -2.20. The molecule has 4 N–H and O–H groups in total. The molecule has 0 bridgehead atoms. The van der Waals surface area contributed by atoms with E-state index in [0.717, 1.165) is 0 Å². The van der Waals surface area contributed by atoms with E-state index in [-0.39, 0.29) is 5.69 Å². The van der Waals surface area contributed by atoms with Crippen LogP contribution in [-0.4, -0.2) is 29.7 Å². The van der Waals surface area contributed by atoms with Crippen LogP contribution in [0.1, 0.15) is 13.3 Å². The normalized spacial score (nSPS) is 12.0. The number of nitro groups is 1. The Kier molecular flexibility index (Phi) is 4.87. The van der Waals surface area contributed by atoms with Crippen molar-refractivity contribution in [3.8, 4) is 0 Å². The second kappa shape index (κ2) is 6.18. The van der Waals surface area contributed by atoms with Crippen LogP contribution < -0.4 is 16.2 Å². The molecule has 1 aromatic carbocycles. The third kappa shape index (κ3) is 3.86. The summed E-state index contributed by atoms with van der Waals surface area (Å²) in [5, 5.41) is 20.0. The number of benzene rings is 1. The molecule has 1 rings (SSSR count). The average Bonchev–Trinajstić information content (AvgIpc) is 2.35. The fourth-order valence-corrected chi connectivity index (χ4v) is 1.51. The molecule has 0 fully saturated rings. The number of hydrazine groups is 1. The topological polar surface area (TPSA) is 105 Å². The summed E-state index contributed by atoms with van der Waals surface area (Å²) < 4.78 is 0. The van der Waals surface area contributed by atoms with Crippen LogP contribution >= 0.6 is 0 Å². The van der Waals surface area contributed by atoms with Gasteiger partial charge in [0.1, 0.15) is 0 Å². The van der Waals surface area contributed by atoms with Crippen LogP contribution in [0.25, 0.3) is 0 Å². The van der Waals surface area contributed by atoms with Gasteiger partial charge in [0.2, 0.25) is 0 Å². The minimum absolute atomic E-state index is 0.0238. The van der Waals surface area contributed by atoms with E-state index in [0.29, 0.717) is 24.3 Å². The fourth-order valence-electron chi connectivity index (χ4n) is 1.51. The number of hydrogen-bond acceptors (Lipinski definition) is 6. The maximum absolute atomic E-state index is 10.8. The number of nitrogen functional groups attached to an aromatic ring is 1. The first-order valence-electron chi connectivity index (χ1n) is 5.59. The molecular formula is C11H18N4O3. The molecule has 1 atom stereocenters. The zero-order valence-electron chi connectivity index (χ0n) is 10.5. The SMILES string of the molecule is CC(O)CCN(C)c1cc(NN)cc([N+](=O)[O-])c1. The predicted molar refractivity (Wildman–Crippen MR) is 70.5 cm³/mol. The first kappa shape index (κ1) is 14.2. The van der Waals surface area contributed by atoms with Gasteiger partial charge in [-0.3, -0.25) is 16.0 Å². The number of aliphatic hydroxyl groups is 1. The quantitative estimate of drug-likeness (QED) is 0.398. The first-order valence-corrected chi connectivity index (χ1v) is 5.59. The number of nitrogens with one attached hydrogen (secondary N) is 1. The van der Waals surface area contributed by atoms with E-state index in [9.17, 15) is 15.2 Å². The van der Waals surface area contributed by atoms with Crippen LogP contribution in [-0.2, 0) is 0 Å². The molecule has 7 heteroatoms. The van der Waals surface area contributed by atoms with Gasteiger partial charge in [-0.2, -0.15) is 0 Å². The molecule has 7 nitrogen and oxygen atoms in total. The fraction of sp³-hybridized carbons (Fsp3) is 0.455. The second-order valence-corrected chi connectivity index (χ2v) is 4.20. The van der Waals surface area contributed by atoms with Gasteiger partial charge in [0.05, 0.1) is 16.7 Å². The van der Waals surface area contributed by atoms with Crippen molar-refractivity contribution in [2.24, 2.45) is 5.84 Å². The standard InChI is InChI=1S/C11H18N4O3/c1-8(16)3-4-14(2)10-5-9(13-12)6-11(7-10)15(17)18/h5-8,13,16H,3-4,12H2,1-2H3. The maximum Gasteiger partial charge on any atom is 0.273 e. The van der Waals surface area contributed by atoms with E-state index in [4.69, 9.17) is 5.84 Å². The summed E-state index contributed by atoms with van der Waals surface area (Å²) in [4.78, 5) is 12.2. The van der Waals surface area contributed by atoms with Gasteiger partial charge in [0, 0.05) is 31.4 Å². The van der Waals surface area contributed by atoms with Gasteiger partial charge in [-0.05, 0) is 19.4 Å². The summed E-state index contributed by atoms with van der Waals surface area (Å²) >= 11 is 0. The summed E-state index contributed by atoms with van der Waals surface area (Å²) in [6, 6.07) is 4.56. The Morgan fingerprint density at radius 3 is 2.72 bits per heavy atom. The van der Waals surface area contributed by atoms with Crippen molar-refractivity contribution >= 4 is 17.1 Å². The van der Waals surface area contributed by atoms with E-state index in [1.54, 1.807) is 13.0 Å². The van der Waals surface area contributed by atoms with Crippen LogP contribution in [0.5, 0.6) is 0 Å². The van der Waals surface area contributed by atoms with Crippen LogP contribution in [0, 0.1) is 10.1 Å². The second-order valence-electron chi connectivity index (χ2n) is 4.20. The van der Waals surface area contributed by atoms with Crippen molar-refractivity contribution in [2.45, 2.75) is 19.4 Å². The Morgan fingerprint density at radius 2 is 2.22 bits per heavy atom. The number of nitro benzene ring substituents is 1. The Labute approximate surface area is 105 Å². The highest BCUT2D eigenvalue weighted by Gasteiger charge is 2.12. The number of anilines is 2. The minimum atomic E-state index is -0.465. The molecule has 1 aromatic rings. The van der Waals surface area contributed by atoms with Crippen molar-refractivity contribution in [1.82, 2.24) is 0 Å². The van der Waals surface area contributed by atoms with Crippen molar-refractivity contribution in [3.05, 3.63) is 28.3 Å². The summed E-state index contributed by atoms with van der Waals surface area (Å²) in [5.41, 5.74) is 3.53. The zero-order valence-corrected chi connectivity index (χ0v) is 10.5. The van der Waals surface area contributed by atoms with Crippen LogP contribution in [0.2, 0.25) is 0 Å². The molecule has 0 heterocycles. The lowest BCUT2D eigenvalue weighted by Crippen LogP contribution is -2.22. The molecule has 0 aliphatic rings. The highest BCUT2D eigenvalue weighted by atomic mass is 16.6. The van der Waals surface area contributed by atoms with Crippen molar-refractivity contribution in [2.75, 3.05) is 23.9 Å². The van der Waals surface area contributed by atoms with Crippen LogP contribution in [0.15, 0.2) is 18.2 Å². The van der Waals surface area contributed by atoms with Crippen molar-refractivity contribution in [3.63, 3.8) is 0 Å². The number of nitrogens with two attached hydrogens (primary N) is 1. The Morgan fingerprint density at radius 1 is 1.56 bits per heavy atom. The molecule has 100 valence electrons. The third-order valence-corrected chi connectivity index (χ3v) is 2.60. The number of rotatable bonds is 6. The van der Waals surface area contributed by atoms with Gasteiger partial charge in [0.15, 0.2) is 0 Å². The molecule has 0 saturated heterocycles.